The first kappa shape index (κ1) is 21.0. The topological polar surface area (TPSA) is 55.2 Å². The van der Waals surface area contributed by atoms with Crippen LogP contribution in [-0.4, -0.2) is 57.2 Å². The van der Waals surface area contributed by atoms with Crippen LogP contribution in [0.25, 0.3) is 0 Å². The summed E-state index contributed by atoms with van der Waals surface area (Å²) in [7, 11) is 3.23. The third-order valence-electron chi connectivity index (χ3n) is 5.55. The average molecular weight is 399 g/mol. The highest BCUT2D eigenvalue weighted by Gasteiger charge is 2.27. The second-order valence-corrected chi connectivity index (χ2v) is 7.63. The lowest BCUT2D eigenvalue weighted by molar-refractivity contribution is -0.917. The molecule has 0 aliphatic carbocycles. The minimum Gasteiger partial charge on any atom is -0.493 e. The summed E-state index contributed by atoms with van der Waals surface area (Å²) in [4.78, 5) is 16.5. The molecule has 1 atom stereocenters. The van der Waals surface area contributed by atoms with E-state index in [4.69, 9.17) is 9.47 Å². The molecule has 29 heavy (non-hydrogen) atoms. The zero-order valence-corrected chi connectivity index (χ0v) is 17.8. The largest absolute Gasteiger partial charge is 0.493 e. The third-order valence-corrected chi connectivity index (χ3v) is 5.55. The van der Waals surface area contributed by atoms with Crippen LogP contribution in [0, 0.1) is 6.92 Å². The Bertz CT molecular complexity index is 818. The van der Waals surface area contributed by atoms with Crippen LogP contribution in [0.5, 0.6) is 11.5 Å². The van der Waals surface area contributed by atoms with Crippen molar-refractivity contribution in [1.82, 2.24) is 4.90 Å². The van der Waals surface area contributed by atoms with E-state index in [9.17, 15) is 4.79 Å². The Morgan fingerprint density at radius 3 is 2.34 bits per heavy atom. The molecule has 2 aromatic carbocycles. The third kappa shape index (κ3) is 5.21. The number of aryl methyl sites for hydroxylation is 1. The molecular formula is C23H32N3O3+. The van der Waals surface area contributed by atoms with Crippen molar-refractivity contribution < 1.29 is 19.2 Å². The quantitative estimate of drug-likeness (QED) is 0.746. The molecule has 1 saturated heterocycles. The second-order valence-electron chi connectivity index (χ2n) is 7.63. The molecule has 156 valence electrons. The summed E-state index contributed by atoms with van der Waals surface area (Å²) in [5, 5.41) is 3.35. The van der Waals surface area contributed by atoms with Gasteiger partial charge in [-0.05, 0) is 25.5 Å². The van der Waals surface area contributed by atoms with Crippen LogP contribution in [0.2, 0.25) is 0 Å². The SMILES string of the molecule is COc1cc(C)c(N[C@@H](C)C(=O)N2CC[NH+](Cc3ccccc3)CC2)cc1OC. The Kier molecular flexibility index (Phi) is 6.99. The number of rotatable bonds is 7. The zero-order chi connectivity index (χ0) is 20.8. The molecule has 1 amide bonds. The van der Waals surface area contributed by atoms with Gasteiger partial charge in [0.2, 0.25) is 5.91 Å². The lowest BCUT2D eigenvalue weighted by Gasteiger charge is -2.34. The van der Waals surface area contributed by atoms with Gasteiger partial charge in [0.05, 0.1) is 40.4 Å². The molecule has 1 aliphatic rings. The Balaban J connectivity index is 1.56. The van der Waals surface area contributed by atoms with Gasteiger partial charge in [-0.25, -0.2) is 0 Å². The molecule has 0 saturated carbocycles. The fourth-order valence-electron chi connectivity index (χ4n) is 3.81. The van der Waals surface area contributed by atoms with Crippen molar-refractivity contribution in [2.24, 2.45) is 0 Å². The summed E-state index contributed by atoms with van der Waals surface area (Å²) in [6.07, 6.45) is 0. The fourth-order valence-corrected chi connectivity index (χ4v) is 3.81. The van der Waals surface area contributed by atoms with Crippen molar-refractivity contribution in [3.63, 3.8) is 0 Å². The molecule has 0 unspecified atom stereocenters. The highest BCUT2D eigenvalue weighted by atomic mass is 16.5. The fraction of sp³-hybridized carbons (Fsp3) is 0.435. The lowest BCUT2D eigenvalue weighted by atomic mass is 10.1. The summed E-state index contributed by atoms with van der Waals surface area (Å²) in [6.45, 7) is 8.46. The number of carbonyl (C=O) groups excluding carboxylic acids is 1. The summed E-state index contributed by atoms with van der Waals surface area (Å²) < 4.78 is 10.7. The molecule has 0 spiro atoms. The number of anilines is 1. The minimum atomic E-state index is -0.303. The molecular weight excluding hydrogens is 366 g/mol. The minimum absolute atomic E-state index is 0.137. The first-order chi connectivity index (χ1) is 14.0. The Labute approximate surface area is 173 Å². The molecule has 1 aliphatic heterocycles. The number of methoxy groups -OCH3 is 2. The predicted octanol–water partition coefficient (Wildman–Crippen LogP) is 1.74. The number of hydrogen-bond acceptors (Lipinski definition) is 4. The predicted molar refractivity (Wildman–Crippen MR) is 115 cm³/mol. The maximum absolute atomic E-state index is 13.0. The molecule has 1 fully saturated rings. The zero-order valence-electron chi connectivity index (χ0n) is 17.8. The van der Waals surface area contributed by atoms with Crippen molar-refractivity contribution in [3.8, 4) is 11.5 Å². The normalized spacial score (nSPS) is 15.7. The van der Waals surface area contributed by atoms with Gasteiger partial charge in [0.1, 0.15) is 12.6 Å². The molecule has 0 radical (unpaired) electrons. The number of piperazine rings is 1. The van der Waals surface area contributed by atoms with E-state index in [1.807, 2.05) is 36.9 Å². The van der Waals surface area contributed by atoms with Gasteiger partial charge in [0.25, 0.3) is 0 Å². The number of carbonyl (C=O) groups is 1. The van der Waals surface area contributed by atoms with Gasteiger partial charge >= 0.3 is 0 Å². The van der Waals surface area contributed by atoms with E-state index >= 15 is 0 Å². The summed E-state index contributed by atoms with van der Waals surface area (Å²) in [6, 6.07) is 14.1. The summed E-state index contributed by atoms with van der Waals surface area (Å²) in [5.74, 6) is 1.48. The number of ether oxygens (including phenoxy) is 2. The van der Waals surface area contributed by atoms with Gasteiger partial charge in [-0.1, -0.05) is 30.3 Å². The van der Waals surface area contributed by atoms with Gasteiger partial charge in [-0.15, -0.1) is 0 Å². The second kappa shape index (κ2) is 9.65. The van der Waals surface area contributed by atoms with Crippen molar-refractivity contribution in [2.45, 2.75) is 26.4 Å². The molecule has 3 rings (SSSR count). The Hall–Kier alpha value is -2.73. The number of hydrogen-bond donors (Lipinski definition) is 2. The summed E-state index contributed by atoms with van der Waals surface area (Å²) in [5.41, 5.74) is 3.25. The van der Waals surface area contributed by atoms with E-state index in [-0.39, 0.29) is 11.9 Å². The summed E-state index contributed by atoms with van der Waals surface area (Å²) >= 11 is 0. The molecule has 0 aromatic heterocycles. The van der Waals surface area contributed by atoms with Crippen LogP contribution < -0.4 is 19.7 Å². The molecule has 2 aromatic rings. The van der Waals surface area contributed by atoms with Gasteiger partial charge < -0.3 is 24.6 Å². The molecule has 6 nitrogen and oxygen atoms in total. The Morgan fingerprint density at radius 2 is 1.72 bits per heavy atom. The number of nitrogens with one attached hydrogen (secondary N) is 2. The number of amides is 1. The van der Waals surface area contributed by atoms with Crippen LogP contribution >= 0.6 is 0 Å². The highest BCUT2D eigenvalue weighted by molar-refractivity contribution is 5.84. The standard InChI is InChI=1S/C23H31N3O3/c1-17-14-21(28-3)22(29-4)15-20(17)24-18(2)23(27)26-12-10-25(11-13-26)16-19-8-6-5-7-9-19/h5-9,14-15,18,24H,10-13,16H2,1-4H3/p+1/t18-/m0/s1. The number of benzene rings is 2. The van der Waals surface area contributed by atoms with E-state index in [2.05, 4.69) is 29.6 Å². The highest BCUT2D eigenvalue weighted by Crippen LogP contribution is 2.33. The van der Waals surface area contributed by atoms with E-state index in [1.165, 1.54) is 10.5 Å². The lowest BCUT2D eigenvalue weighted by Crippen LogP contribution is -3.13. The molecule has 0 bridgehead atoms. The molecule has 2 N–H and O–H groups in total. The van der Waals surface area contributed by atoms with Gasteiger partial charge in [-0.3, -0.25) is 4.79 Å². The van der Waals surface area contributed by atoms with Crippen molar-refractivity contribution in [3.05, 3.63) is 53.6 Å². The van der Waals surface area contributed by atoms with Crippen molar-refractivity contribution in [1.29, 1.82) is 0 Å². The monoisotopic (exact) mass is 398 g/mol. The van der Waals surface area contributed by atoms with Crippen molar-refractivity contribution >= 4 is 11.6 Å². The van der Waals surface area contributed by atoms with Crippen molar-refractivity contribution in [2.75, 3.05) is 45.7 Å². The number of nitrogens with zero attached hydrogens (tertiary/aromatic N) is 1. The van der Waals surface area contributed by atoms with Gasteiger partial charge in [0.15, 0.2) is 11.5 Å². The first-order valence-electron chi connectivity index (χ1n) is 10.2. The molecule has 1 heterocycles. The average Bonchev–Trinajstić information content (AvgIpc) is 2.75. The van der Waals surface area contributed by atoms with Crippen LogP contribution in [0.4, 0.5) is 5.69 Å². The van der Waals surface area contributed by atoms with Crippen LogP contribution in [-0.2, 0) is 11.3 Å². The van der Waals surface area contributed by atoms with E-state index in [1.54, 1.807) is 14.2 Å². The molecule has 6 heteroatoms. The van der Waals surface area contributed by atoms with E-state index < -0.39 is 0 Å². The van der Waals surface area contributed by atoms with Gasteiger partial charge in [0, 0.05) is 17.3 Å². The first-order valence-corrected chi connectivity index (χ1v) is 10.2. The Morgan fingerprint density at radius 1 is 1.10 bits per heavy atom. The van der Waals surface area contributed by atoms with Crippen LogP contribution in [0.1, 0.15) is 18.1 Å². The maximum Gasteiger partial charge on any atom is 0.245 e. The maximum atomic E-state index is 13.0. The van der Waals surface area contributed by atoms with Crippen LogP contribution in [0.3, 0.4) is 0 Å². The van der Waals surface area contributed by atoms with Crippen LogP contribution in [0.15, 0.2) is 42.5 Å². The number of quaternary nitrogens is 1. The van der Waals surface area contributed by atoms with E-state index in [0.29, 0.717) is 11.5 Å². The smallest absolute Gasteiger partial charge is 0.245 e. The van der Waals surface area contributed by atoms with Gasteiger partial charge in [-0.2, -0.15) is 0 Å². The van der Waals surface area contributed by atoms with E-state index in [0.717, 1.165) is 44.0 Å².